The first-order chi connectivity index (χ1) is 13.1. The van der Waals surface area contributed by atoms with E-state index in [-0.39, 0.29) is 11.5 Å². The van der Waals surface area contributed by atoms with Crippen LogP contribution in [0, 0.1) is 11.3 Å². The average Bonchev–Trinajstić information content (AvgIpc) is 3.48. The molecule has 2 fully saturated rings. The zero-order valence-corrected chi connectivity index (χ0v) is 17.7. The Morgan fingerprint density at radius 1 is 1.30 bits per heavy atom. The predicted octanol–water partition coefficient (Wildman–Crippen LogP) is 5.32. The van der Waals surface area contributed by atoms with Crippen molar-refractivity contribution in [1.82, 2.24) is 4.90 Å². The van der Waals surface area contributed by atoms with Crippen LogP contribution in [-0.2, 0) is 6.42 Å². The van der Waals surface area contributed by atoms with Crippen LogP contribution in [0.25, 0.3) is 0 Å². The van der Waals surface area contributed by atoms with Gasteiger partial charge in [-0.2, -0.15) is 11.8 Å². The molecular weight excluding hydrogens is 348 g/mol. The number of benzene rings is 1. The number of allylic oxidation sites excluding steroid dienone is 2. The molecule has 4 rings (SSSR count). The third-order valence-electron chi connectivity index (χ3n) is 6.84. The number of piperidine rings is 1. The largest absolute Gasteiger partial charge is 0.372 e. The first-order valence-electron chi connectivity index (χ1n) is 10.7. The number of thioether (sulfide) groups is 1. The normalized spacial score (nSPS) is 26.0. The number of nitrogens with zero attached hydrogens (tertiary/aromatic N) is 1. The second-order valence-electron chi connectivity index (χ2n) is 8.76. The molecule has 1 heterocycles. The van der Waals surface area contributed by atoms with Crippen molar-refractivity contribution in [2.75, 3.05) is 18.8 Å². The van der Waals surface area contributed by atoms with E-state index in [0.29, 0.717) is 5.25 Å². The average molecular weight is 383 g/mol. The molecule has 0 aromatic heterocycles. The lowest BCUT2D eigenvalue weighted by Gasteiger charge is -2.43. The molecule has 2 unspecified atom stereocenters. The molecule has 0 radical (unpaired) electrons. The number of likely N-dealkylation sites (tertiary alicyclic amines) is 1. The summed E-state index contributed by atoms with van der Waals surface area (Å²) in [4.78, 5) is 2.57. The van der Waals surface area contributed by atoms with Crippen molar-refractivity contribution in [2.45, 2.75) is 57.2 Å². The van der Waals surface area contributed by atoms with Gasteiger partial charge in [0.05, 0.1) is 0 Å². The summed E-state index contributed by atoms with van der Waals surface area (Å²) < 4.78 is 0. The molecular formula is C24H34N2S. The van der Waals surface area contributed by atoms with E-state index in [2.05, 4.69) is 73.0 Å². The smallest absolute Gasteiger partial charge is 0.0359 e. The van der Waals surface area contributed by atoms with Gasteiger partial charge in [-0.25, -0.2) is 0 Å². The standard InChI is InChI=1S/C24H34N2S/c1-3-21(11-8-18(2)27-17-19-9-10-19)26-14-12-24(13-15-26)16-20-6-4-5-7-22(20)23(24)25/h3-8,11,18-19,23H,9-10,12-17,25H2,1-2H3/b11-8-,21-3+. The monoisotopic (exact) mass is 382 g/mol. The van der Waals surface area contributed by atoms with E-state index in [0.717, 1.165) is 25.4 Å². The summed E-state index contributed by atoms with van der Waals surface area (Å²) in [6.07, 6.45) is 13.5. The number of nitrogens with two attached hydrogens (primary N) is 1. The van der Waals surface area contributed by atoms with E-state index in [1.165, 1.54) is 48.3 Å². The Morgan fingerprint density at radius 3 is 2.70 bits per heavy atom. The van der Waals surface area contributed by atoms with E-state index in [4.69, 9.17) is 5.73 Å². The maximum atomic E-state index is 6.72. The van der Waals surface area contributed by atoms with Gasteiger partial charge >= 0.3 is 0 Å². The second kappa shape index (κ2) is 8.05. The summed E-state index contributed by atoms with van der Waals surface area (Å²) in [6, 6.07) is 9.02. The maximum Gasteiger partial charge on any atom is 0.0359 e. The van der Waals surface area contributed by atoms with Gasteiger partial charge in [-0.3, -0.25) is 0 Å². The Hall–Kier alpha value is -1.19. The van der Waals surface area contributed by atoms with Crippen LogP contribution in [0.3, 0.4) is 0 Å². The lowest BCUT2D eigenvalue weighted by atomic mass is 9.73. The highest BCUT2D eigenvalue weighted by molar-refractivity contribution is 8.00. The summed E-state index contributed by atoms with van der Waals surface area (Å²) in [5, 5.41) is 0.606. The van der Waals surface area contributed by atoms with Gasteiger partial charge in [0.2, 0.25) is 0 Å². The van der Waals surface area contributed by atoms with Crippen LogP contribution in [0.15, 0.2) is 48.2 Å². The van der Waals surface area contributed by atoms with Crippen LogP contribution in [0.2, 0.25) is 0 Å². The second-order valence-corrected chi connectivity index (χ2v) is 10.2. The van der Waals surface area contributed by atoms with E-state index >= 15 is 0 Å². The molecule has 1 saturated carbocycles. The Kier molecular flexibility index (Phi) is 5.70. The molecule has 2 atom stereocenters. The molecule has 3 aliphatic rings. The predicted molar refractivity (Wildman–Crippen MR) is 118 cm³/mol. The van der Waals surface area contributed by atoms with Crippen molar-refractivity contribution in [1.29, 1.82) is 0 Å². The summed E-state index contributed by atoms with van der Waals surface area (Å²) in [5.41, 5.74) is 11.2. The van der Waals surface area contributed by atoms with Gasteiger partial charge in [-0.15, -0.1) is 0 Å². The van der Waals surface area contributed by atoms with Crippen molar-refractivity contribution in [3.05, 3.63) is 59.3 Å². The molecule has 1 aromatic carbocycles. The van der Waals surface area contributed by atoms with Crippen LogP contribution in [-0.4, -0.2) is 29.0 Å². The summed E-state index contributed by atoms with van der Waals surface area (Å²) >= 11 is 2.11. The highest BCUT2D eigenvalue weighted by Gasteiger charge is 2.45. The van der Waals surface area contributed by atoms with Crippen LogP contribution in [0.4, 0.5) is 0 Å². The molecule has 3 heteroatoms. The third kappa shape index (κ3) is 4.14. The molecule has 1 aliphatic heterocycles. The summed E-state index contributed by atoms with van der Waals surface area (Å²) in [7, 11) is 0. The minimum Gasteiger partial charge on any atom is -0.372 e. The Labute approximate surface area is 169 Å². The zero-order chi connectivity index (χ0) is 18.9. The van der Waals surface area contributed by atoms with Crippen molar-refractivity contribution in [3.63, 3.8) is 0 Å². The van der Waals surface area contributed by atoms with Crippen LogP contribution >= 0.6 is 11.8 Å². The van der Waals surface area contributed by atoms with E-state index in [1.807, 2.05) is 0 Å². The van der Waals surface area contributed by atoms with Gasteiger partial charge in [0.15, 0.2) is 0 Å². The molecule has 0 bridgehead atoms. The third-order valence-corrected chi connectivity index (χ3v) is 8.19. The van der Waals surface area contributed by atoms with Crippen LogP contribution < -0.4 is 5.73 Å². The number of fused-ring (bicyclic) bond motifs is 1. The van der Waals surface area contributed by atoms with Crippen molar-refractivity contribution < 1.29 is 0 Å². The van der Waals surface area contributed by atoms with Crippen molar-refractivity contribution in [2.24, 2.45) is 17.1 Å². The molecule has 2 nitrogen and oxygen atoms in total. The highest BCUT2D eigenvalue weighted by atomic mass is 32.2. The molecule has 0 amide bonds. The van der Waals surface area contributed by atoms with E-state index in [1.54, 1.807) is 0 Å². The molecule has 27 heavy (non-hydrogen) atoms. The highest BCUT2D eigenvalue weighted by Crippen LogP contribution is 2.50. The van der Waals surface area contributed by atoms with Crippen molar-refractivity contribution >= 4 is 11.8 Å². The van der Waals surface area contributed by atoms with Gasteiger partial charge in [-0.05, 0) is 80.2 Å². The fraction of sp³-hybridized carbons (Fsp3) is 0.583. The Morgan fingerprint density at radius 2 is 2.04 bits per heavy atom. The molecule has 1 spiro atoms. The molecule has 2 N–H and O–H groups in total. The maximum absolute atomic E-state index is 6.72. The minimum atomic E-state index is 0.208. The lowest BCUT2D eigenvalue weighted by molar-refractivity contribution is 0.112. The van der Waals surface area contributed by atoms with E-state index in [9.17, 15) is 0 Å². The Bertz CT molecular complexity index is 711. The topological polar surface area (TPSA) is 29.3 Å². The van der Waals surface area contributed by atoms with Gasteiger partial charge in [0.1, 0.15) is 0 Å². The zero-order valence-electron chi connectivity index (χ0n) is 16.9. The molecule has 146 valence electrons. The Balaban J connectivity index is 1.34. The first kappa shape index (κ1) is 19.1. The van der Waals surface area contributed by atoms with E-state index < -0.39 is 0 Å². The number of hydrogen-bond donors (Lipinski definition) is 1. The first-order valence-corrected chi connectivity index (χ1v) is 11.7. The van der Waals surface area contributed by atoms with Gasteiger partial charge in [-0.1, -0.05) is 36.4 Å². The fourth-order valence-electron chi connectivity index (χ4n) is 4.76. The summed E-state index contributed by atoms with van der Waals surface area (Å²) in [5.74, 6) is 2.34. The number of rotatable bonds is 6. The SMILES string of the molecule is C/C=C(\C=C/C(C)SCC1CC1)N1CCC2(CC1)Cc1ccccc1C2N. The fourth-order valence-corrected chi connectivity index (χ4v) is 5.86. The van der Waals surface area contributed by atoms with Crippen LogP contribution in [0.5, 0.6) is 0 Å². The van der Waals surface area contributed by atoms with Gasteiger partial charge < -0.3 is 10.6 Å². The quantitative estimate of drug-likeness (QED) is 0.676. The molecule has 2 aliphatic carbocycles. The minimum absolute atomic E-state index is 0.208. The van der Waals surface area contributed by atoms with Crippen LogP contribution in [0.1, 0.15) is 56.7 Å². The van der Waals surface area contributed by atoms with Gasteiger partial charge in [0.25, 0.3) is 0 Å². The lowest BCUT2D eigenvalue weighted by Crippen LogP contribution is -2.43. The van der Waals surface area contributed by atoms with Crippen molar-refractivity contribution in [3.8, 4) is 0 Å². The molecule has 1 aromatic rings. The molecule has 1 saturated heterocycles. The summed E-state index contributed by atoms with van der Waals surface area (Å²) in [6.45, 7) is 6.74. The van der Waals surface area contributed by atoms with Gasteiger partial charge in [0, 0.05) is 30.1 Å². The number of hydrogen-bond acceptors (Lipinski definition) is 3.